The van der Waals surface area contributed by atoms with Crippen molar-refractivity contribution < 1.29 is 9.90 Å². The number of carboxylic acid groups (broad SMARTS) is 1. The van der Waals surface area contributed by atoms with Gasteiger partial charge < -0.3 is 9.67 Å². The number of hydrogen-bond acceptors (Lipinski definition) is 4. The Morgan fingerprint density at radius 2 is 2.09 bits per heavy atom. The smallest absolute Gasteiger partial charge is 0.328 e. The van der Waals surface area contributed by atoms with Gasteiger partial charge in [-0.3, -0.25) is 0 Å². The van der Waals surface area contributed by atoms with Gasteiger partial charge >= 0.3 is 5.97 Å². The molecule has 4 rings (SSSR count). The van der Waals surface area contributed by atoms with E-state index in [9.17, 15) is 9.90 Å². The Morgan fingerprint density at radius 3 is 2.78 bits per heavy atom. The molecule has 23 heavy (non-hydrogen) atoms. The Kier molecular flexibility index (Phi) is 3.18. The van der Waals surface area contributed by atoms with Crippen LogP contribution in [0.25, 0.3) is 17.1 Å². The Morgan fingerprint density at radius 1 is 1.26 bits per heavy atom. The van der Waals surface area contributed by atoms with Crippen LogP contribution in [0.4, 0.5) is 0 Å². The number of nitrogens with zero attached hydrogens (tertiary/aromatic N) is 5. The topological polar surface area (TPSA) is 85.8 Å². The van der Waals surface area contributed by atoms with E-state index in [1.165, 1.54) is 0 Å². The molecule has 3 aromatic rings. The van der Waals surface area contributed by atoms with E-state index in [0.29, 0.717) is 12.2 Å². The highest BCUT2D eigenvalue weighted by Gasteiger charge is 2.28. The van der Waals surface area contributed by atoms with Crippen LogP contribution in [-0.4, -0.2) is 35.4 Å². The molecule has 0 bridgehead atoms. The van der Waals surface area contributed by atoms with Crippen molar-refractivity contribution in [2.75, 3.05) is 0 Å². The summed E-state index contributed by atoms with van der Waals surface area (Å²) in [5.74, 6) is 0.473. The van der Waals surface area contributed by atoms with E-state index in [0.717, 1.165) is 29.9 Å². The van der Waals surface area contributed by atoms with E-state index in [-0.39, 0.29) is 0 Å². The summed E-state index contributed by atoms with van der Waals surface area (Å²) in [6.45, 7) is 0. The Balaban J connectivity index is 1.68. The maximum absolute atomic E-state index is 11.3. The van der Waals surface area contributed by atoms with Crippen molar-refractivity contribution in [3.8, 4) is 17.1 Å². The molecule has 1 unspecified atom stereocenters. The number of imidazole rings is 1. The van der Waals surface area contributed by atoms with Crippen LogP contribution in [-0.2, 0) is 11.2 Å². The van der Waals surface area contributed by atoms with Crippen LogP contribution < -0.4 is 0 Å². The predicted molar refractivity (Wildman–Crippen MR) is 82.2 cm³/mol. The number of aryl methyl sites for hydroxylation is 1. The second kappa shape index (κ2) is 5.35. The highest BCUT2D eigenvalue weighted by Crippen LogP contribution is 2.26. The Labute approximate surface area is 132 Å². The molecule has 0 saturated carbocycles. The normalized spacial score (nSPS) is 17.0. The van der Waals surface area contributed by atoms with Gasteiger partial charge in [0, 0.05) is 30.1 Å². The van der Waals surface area contributed by atoms with E-state index in [1.54, 1.807) is 17.2 Å². The van der Waals surface area contributed by atoms with Gasteiger partial charge in [-0.05, 0) is 37.1 Å². The van der Waals surface area contributed by atoms with Crippen molar-refractivity contribution in [3.05, 3.63) is 48.8 Å². The minimum Gasteiger partial charge on any atom is -0.480 e. The standard InChI is InChI=1S/C16H15N5O2/c22-16(23)13-2-1-3-14-18-15(19-21(13)14)11-4-6-12(7-5-11)20-9-8-17-10-20/h4-10,13H,1-3H2,(H,22,23). The summed E-state index contributed by atoms with van der Waals surface area (Å²) in [7, 11) is 0. The second-order valence-corrected chi connectivity index (χ2v) is 5.56. The highest BCUT2D eigenvalue weighted by atomic mass is 16.4. The number of fused-ring (bicyclic) bond motifs is 1. The van der Waals surface area contributed by atoms with Crippen molar-refractivity contribution >= 4 is 5.97 Å². The fourth-order valence-corrected chi connectivity index (χ4v) is 2.90. The summed E-state index contributed by atoms with van der Waals surface area (Å²) in [6.07, 6.45) is 7.54. The van der Waals surface area contributed by atoms with Crippen LogP contribution in [0.15, 0.2) is 43.0 Å². The highest BCUT2D eigenvalue weighted by molar-refractivity contribution is 5.72. The van der Waals surface area contributed by atoms with Crippen LogP contribution in [0, 0.1) is 0 Å². The maximum atomic E-state index is 11.3. The van der Waals surface area contributed by atoms with E-state index in [1.807, 2.05) is 35.0 Å². The van der Waals surface area contributed by atoms with Crippen molar-refractivity contribution in [2.24, 2.45) is 0 Å². The number of carboxylic acids is 1. The number of carbonyl (C=O) groups is 1. The summed E-state index contributed by atoms with van der Waals surface area (Å²) in [5.41, 5.74) is 1.87. The van der Waals surface area contributed by atoms with Gasteiger partial charge in [0.15, 0.2) is 11.9 Å². The van der Waals surface area contributed by atoms with Crippen molar-refractivity contribution in [1.29, 1.82) is 0 Å². The zero-order valence-electron chi connectivity index (χ0n) is 12.3. The molecular weight excluding hydrogens is 294 g/mol. The zero-order valence-corrected chi connectivity index (χ0v) is 12.3. The van der Waals surface area contributed by atoms with Gasteiger partial charge in [-0.25, -0.2) is 19.4 Å². The Hall–Kier alpha value is -2.96. The van der Waals surface area contributed by atoms with Gasteiger partial charge in [0.1, 0.15) is 5.82 Å². The average molecular weight is 309 g/mol. The van der Waals surface area contributed by atoms with Gasteiger partial charge in [-0.15, -0.1) is 5.10 Å². The van der Waals surface area contributed by atoms with Crippen LogP contribution in [0.3, 0.4) is 0 Å². The molecule has 1 N–H and O–H groups in total. The van der Waals surface area contributed by atoms with Crippen LogP contribution >= 0.6 is 0 Å². The van der Waals surface area contributed by atoms with Gasteiger partial charge in [-0.1, -0.05) is 0 Å². The minimum atomic E-state index is -0.849. The van der Waals surface area contributed by atoms with E-state index < -0.39 is 12.0 Å². The quantitative estimate of drug-likeness (QED) is 0.800. The van der Waals surface area contributed by atoms with Crippen LogP contribution in [0.1, 0.15) is 24.7 Å². The number of aliphatic carboxylic acids is 1. The molecule has 0 amide bonds. The van der Waals surface area contributed by atoms with Gasteiger partial charge in [-0.2, -0.15) is 0 Å². The van der Waals surface area contributed by atoms with Gasteiger partial charge in [0.25, 0.3) is 0 Å². The monoisotopic (exact) mass is 309 g/mol. The molecule has 0 radical (unpaired) electrons. The minimum absolute atomic E-state index is 0.574. The van der Waals surface area contributed by atoms with E-state index in [4.69, 9.17) is 0 Å². The molecule has 7 nitrogen and oxygen atoms in total. The third-order valence-electron chi connectivity index (χ3n) is 4.09. The van der Waals surface area contributed by atoms with E-state index >= 15 is 0 Å². The van der Waals surface area contributed by atoms with Crippen molar-refractivity contribution in [2.45, 2.75) is 25.3 Å². The predicted octanol–water partition coefficient (Wildman–Crippen LogP) is 2.09. The summed E-state index contributed by atoms with van der Waals surface area (Å²) < 4.78 is 3.47. The second-order valence-electron chi connectivity index (χ2n) is 5.56. The largest absolute Gasteiger partial charge is 0.480 e. The lowest BCUT2D eigenvalue weighted by atomic mass is 10.1. The third-order valence-corrected chi connectivity index (χ3v) is 4.09. The summed E-state index contributed by atoms with van der Waals surface area (Å²) >= 11 is 0. The Bertz CT molecular complexity index is 836. The molecule has 0 spiro atoms. The summed E-state index contributed by atoms with van der Waals surface area (Å²) in [4.78, 5) is 19.9. The first-order valence-corrected chi connectivity index (χ1v) is 7.49. The zero-order chi connectivity index (χ0) is 15.8. The maximum Gasteiger partial charge on any atom is 0.328 e. The van der Waals surface area contributed by atoms with Crippen molar-refractivity contribution in [1.82, 2.24) is 24.3 Å². The molecule has 1 atom stereocenters. The first kappa shape index (κ1) is 13.7. The number of rotatable bonds is 3. The molecule has 1 aliphatic heterocycles. The van der Waals surface area contributed by atoms with Crippen molar-refractivity contribution in [3.63, 3.8) is 0 Å². The van der Waals surface area contributed by atoms with E-state index in [2.05, 4.69) is 15.1 Å². The van der Waals surface area contributed by atoms with Crippen LogP contribution in [0.5, 0.6) is 0 Å². The molecule has 116 valence electrons. The molecule has 1 aliphatic rings. The fourth-order valence-electron chi connectivity index (χ4n) is 2.90. The lowest BCUT2D eigenvalue weighted by molar-refractivity contribution is -0.141. The lowest BCUT2D eigenvalue weighted by Crippen LogP contribution is -2.25. The molecule has 2 aromatic heterocycles. The number of aromatic nitrogens is 5. The first-order chi connectivity index (χ1) is 11.2. The number of hydrogen-bond donors (Lipinski definition) is 1. The van der Waals surface area contributed by atoms with Crippen LogP contribution in [0.2, 0.25) is 0 Å². The number of benzene rings is 1. The van der Waals surface area contributed by atoms with Gasteiger partial charge in [0.2, 0.25) is 0 Å². The molecule has 0 saturated heterocycles. The average Bonchev–Trinajstić information content (AvgIpc) is 3.24. The molecule has 0 fully saturated rings. The van der Waals surface area contributed by atoms with Gasteiger partial charge in [0.05, 0.1) is 6.33 Å². The first-order valence-electron chi connectivity index (χ1n) is 7.49. The fraction of sp³-hybridized carbons (Fsp3) is 0.250. The molecule has 3 heterocycles. The summed E-state index contributed by atoms with van der Waals surface area (Å²) in [6, 6.07) is 7.20. The molecule has 7 heteroatoms. The molecule has 0 aliphatic carbocycles. The SMILES string of the molecule is O=C(O)C1CCCc2nc(-c3ccc(-n4ccnc4)cc3)nn21. The molecule has 1 aromatic carbocycles. The third kappa shape index (κ3) is 2.40. The summed E-state index contributed by atoms with van der Waals surface area (Å²) in [5, 5.41) is 13.7. The lowest BCUT2D eigenvalue weighted by Gasteiger charge is -2.19. The molecular formula is C16H15N5O2.